The van der Waals surface area contributed by atoms with E-state index in [2.05, 4.69) is 14.9 Å². The molecule has 9 heteroatoms. The van der Waals surface area contributed by atoms with Crippen LogP contribution in [-0.4, -0.2) is 85.9 Å². The number of anilines is 1. The Hall–Kier alpha value is -1.74. The molecule has 1 unspecified atom stereocenters. The summed E-state index contributed by atoms with van der Waals surface area (Å²) in [6.07, 6.45) is 7.20. The molecule has 0 N–H and O–H groups in total. The van der Waals surface area contributed by atoms with Crippen molar-refractivity contribution in [1.82, 2.24) is 19.8 Å². The van der Waals surface area contributed by atoms with Crippen LogP contribution in [0.4, 0.5) is 5.95 Å². The lowest BCUT2D eigenvalue weighted by Gasteiger charge is -2.36. The molecule has 0 saturated carbocycles. The molecule has 0 aromatic carbocycles. The SMILES string of the molecule is CN(C)c1ncc(CN2CCC(N3CC(CS(C)(=O)=O)CC3=O)CC2)cn1. The summed E-state index contributed by atoms with van der Waals surface area (Å²) in [4.78, 5) is 27.2. The van der Waals surface area contributed by atoms with Crippen LogP contribution in [0.15, 0.2) is 12.4 Å². The number of nitrogens with zero attached hydrogens (tertiary/aromatic N) is 5. The van der Waals surface area contributed by atoms with Crippen LogP contribution in [0.1, 0.15) is 24.8 Å². The van der Waals surface area contributed by atoms with Crippen LogP contribution in [0.3, 0.4) is 0 Å². The second-order valence-corrected chi connectivity index (χ2v) is 10.2. The Bertz CT molecular complexity index is 758. The molecule has 1 amide bonds. The molecular weight excluding hydrogens is 366 g/mol. The van der Waals surface area contributed by atoms with Crippen LogP contribution in [0.25, 0.3) is 0 Å². The summed E-state index contributed by atoms with van der Waals surface area (Å²) >= 11 is 0. The van der Waals surface area contributed by atoms with Crippen LogP contribution in [0, 0.1) is 5.92 Å². The van der Waals surface area contributed by atoms with Gasteiger partial charge in [-0.05, 0) is 18.8 Å². The van der Waals surface area contributed by atoms with Gasteiger partial charge in [0.15, 0.2) is 0 Å². The number of carbonyl (C=O) groups is 1. The average Bonchev–Trinajstić information content (AvgIpc) is 2.94. The first-order valence-corrected chi connectivity index (χ1v) is 11.4. The molecule has 0 radical (unpaired) electrons. The highest BCUT2D eigenvalue weighted by Crippen LogP contribution is 2.26. The first kappa shape index (κ1) is 20.0. The Balaban J connectivity index is 1.49. The molecule has 0 bridgehead atoms. The topological polar surface area (TPSA) is 86.7 Å². The van der Waals surface area contributed by atoms with Crippen LogP contribution in [0.2, 0.25) is 0 Å². The van der Waals surface area contributed by atoms with E-state index in [4.69, 9.17) is 0 Å². The molecule has 0 spiro atoms. The lowest BCUT2D eigenvalue weighted by Crippen LogP contribution is -2.45. The normalized spacial score (nSPS) is 22.4. The summed E-state index contributed by atoms with van der Waals surface area (Å²) < 4.78 is 23.0. The van der Waals surface area contributed by atoms with Gasteiger partial charge in [0.2, 0.25) is 11.9 Å². The highest BCUT2D eigenvalue weighted by atomic mass is 32.2. The van der Waals surface area contributed by atoms with Crippen LogP contribution < -0.4 is 4.90 Å². The fraction of sp³-hybridized carbons (Fsp3) is 0.722. The van der Waals surface area contributed by atoms with Crippen LogP contribution in [0.5, 0.6) is 0 Å². The van der Waals surface area contributed by atoms with Gasteiger partial charge in [-0.2, -0.15) is 0 Å². The van der Waals surface area contributed by atoms with Crippen LogP contribution in [-0.2, 0) is 21.2 Å². The smallest absolute Gasteiger partial charge is 0.224 e. The van der Waals surface area contributed by atoms with Gasteiger partial charge in [-0.3, -0.25) is 9.69 Å². The Morgan fingerprint density at radius 3 is 2.37 bits per heavy atom. The number of piperidine rings is 1. The number of carbonyl (C=O) groups excluding carboxylic acids is 1. The Morgan fingerprint density at radius 2 is 1.81 bits per heavy atom. The van der Waals surface area contributed by atoms with Gasteiger partial charge in [0.05, 0.1) is 5.75 Å². The van der Waals surface area contributed by atoms with E-state index in [1.54, 1.807) is 0 Å². The second kappa shape index (κ2) is 8.10. The Kier molecular flexibility index (Phi) is 6.00. The summed E-state index contributed by atoms with van der Waals surface area (Å²) in [6, 6.07) is 0.227. The lowest BCUT2D eigenvalue weighted by molar-refractivity contribution is -0.130. The predicted molar refractivity (Wildman–Crippen MR) is 104 cm³/mol. The lowest BCUT2D eigenvalue weighted by atomic mass is 10.0. The summed E-state index contributed by atoms with van der Waals surface area (Å²) in [5, 5.41) is 0. The van der Waals surface area contributed by atoms with Crippen molar-refractivity contribution >= 4 is 21.7 Å². The molecule has 3 heterocycles. The number of aromatic nitrogens is 2. The number of rotatable bonds is 6. The third-order valence-electron chi connectivity index (χ3n) is 5.27. The van der Waals surface area contributed by atoms with Crippen LogP contribution >= 0.6 is 0 Å². The maximum atomic E-state index is 12.3. The van der Waals surface area contributed by atoms with Crippen molar-refractivity contribution < 1.29 is 13.2 Å². The standard InChI is InChI=1S/C18H29N5O3S/c1-21(2)18-19-9-15(10-20-18)11-22-6-4-16(5-7-22)23-12-14(8-17(23)24)13-27(3,25)26/h9-10,14,16H,4-8,11-13H2,1-3H3. The minimum absolute atomic E-state index is 0.0575. The van der Waals surface area contributed by atoms with Gasteiger partial charge in [-0.1, -0.05) is 0 Å². The molecule has 3 rings (SSSR count). The third kappa shape index (κ3) is 5.38. The monoisotopic (exact) mass is 395 g/mol. The van der Waals surface area contributed by atoms with Crippen molar-refractivity contribution in [1.29, 1.82) is 0 Å². The first-order valence-electron chi connectivity index (χ1n) is 9.39. The van der Waals surface area contributed by atoms with Gasteiger partial charge >= 0.3 is 0 Å². The summed E-state index contributed by atoms with van der Waals surface area (Å²) in [6.45, 7) is 3.22. The van der Waals surface area contributed by atoms with Gasteiger partial charge in [0, 0.05) is 76.9 Å². The zero-order valence-corrected chi connectivity index (χ0v) is 17.2. The van der Waals surface area contributed by atoms with Gasteiger partial charge in [-0.25, -0.2) is 18.4 Å². The largest absolute Gasteiger partial charge is 0.347 e. The highest BCUT2D eigenvalue weighted by molar-refractivity contribution is 7.90. The van der Waals surface area contributed by atoms with E-state index < -0.39 is 9.84 Å². The predicted octanol–water partition coefficient (Wildman–Crippen LogP) is 0.400. The van der Waals surface area contributed by atoms with E-state index in [1.165, 1.54) is 6.26 Å². The zero-order chi connectivity index (χ0) is 19.6. The van der Waals surface area contributed by atoms with Gasteiger partial charge in [-0.15, -0.1) is 0 Å². The van der Waals surface area contributed by atoms with E-state index in [9.17, 15) is 13.2 Å². The summed E-state index contributed by atoms with van der Waals surface area (Å²) in [5.41, 5.74) is 1.09. The quantitative estimate of drug-likeness (QED) is 0.689. The van der Waals surface area contributed by atoms with E-state index in [0.29, 0.717) is 18.9 Å². The second-order valence-electron chi connectivity index (χ2n) is 8.00. The van der Waals surface area contributed by atoms with Crippen molar-refractivity contribution in [3.63, 3.8) is 0 Å². The van der Waals surface area contributed by atoms with Gasteiger partial charge < -0.3 is 9.80 Å². The number of hydrogen-bond donors (Lipinski definition) is 0. The molecule has 2 saturated heterocycles. The third-order valence-corrected chi connectivity index (χ3v) is 6.35. The molecule has 1 aromatic heterocycles. The molecule has 2 fully saturated rings. The van der Waals surface area contributed by atoms with E-state index in [1.807, 2.05) is 36.3 Å². The number of likely N-dealkylation sites (tertiary alicyclic amines) is 2. The molecule has 1 atom stereocenters. The number of sulfone groups is 1. The van der Waals surface area contributed by atoms with Gasteiger partial charge in [0.25, 0.3) is 0 Å². The molecule has 2 aliphatic rings. The Morgan fingerprint density at radius 1 is 1.19 bits per heavy atom. The van der Waals surface area contributed by atoms with Crippen molar-refractivity contribution in [2.24, 2.45) is 5.92 Å². The van der Waals surface area contributed by atoms with Crippen molar-refractivity contribution in [3.8, 4) is 0 Å². The maximum absolute atomic E-state index is 12.3. The van der Waals surface area contributed by atoms with E-state index in [0.717, 1.165) is 38.0 Å². The molecule has 1 aromatic rings. The minimum atomic E-state index is -3.04. The van der Waals surface area contributed by atoms with Gasteiger partial charge in [0.1, 0.15) is 9.84 Å². The maximum Gasteiger partial charge on any atom is 0.224 e. The van der Waals surface area contributed by atoms with Crippen molar-refractivity contribution in [3.05, 3.63) is 18.0 Å². The Labute approximate surface area is 161 Å². The fourth-order valence-electron chi connectivity index (χ4n) is 4.01. The molecule has 8 nitrogen and oxygen atoms in total. The average molecular weight is 396 g/mol. The number of hydrogen-bond acceptors (Lipinski definition) is 7. The first-order chi connectivity index (χ1) is 12.7. The molecular formula is C18H29N5O3S. The highest BCUT2D eigenvalue weighted by Gasteiger charge is 2.36. The molecule has 0 aliphatic carbocycles. The number of amides is 1. The molecule has 27 heavy (non-hydrogen) atoms. The zero-order valence-electron chi connectivity index (χ0n) is 16.3. The summed E-state index contributed by atoms with van der Waals surface area (Å²) in [5.74, 6) is 0.859. The van der Waals surface area contributed by atoms with E-state index in [-0.39, 0.29) is 23.6 Å². The summed E-state index contributed by atoms with van der Waals surface area (Å²) in [7, 11) is 0.794. The van der Waals surface area contributed by atoms with Crippen molar-refractivity contribution in [2.45, 2.75) is 31.8 Å². The minimum Gasteiger partial charge on any atom is -0.347 e. The van der Waals surface area contributed by atoms with Crippen molar-refractivity contribution in [2.75, 3.05) is 50.6 Å². The molecule has 2 aliphatic heterocycles. The van der Waals surface area contributed by atoms with E-state index >= 15 is 0 Å². The molecule has 150 valence electrons. The fourth-order valence-corrected chi connectivity index (χ4v) is 5.09.